The molecule has 1 aromatic heterocycles. The number of likely N-dealkylation sites (tertiary alicyclic amines) is 2. The molecule has 1 unspecified atom stereocenters. The summed E-state index contributed by atoms with van der Waals surface area (Å²) in [6.45, 7) is 6.34. The Hall–Kier alpha value is -2.68. The molecule has 3 aliphatic heterocycles. The number of hydrogen-bond acceptors (Lipinski definition) is 6. The highest BCUT2D eigenvalue weighted by Gasteiger charge is 2.41. The van der Waals surface area contributed by atoms with Crippen LogP contribution in [0.15, 0.2) is 18.3 Å². The quantitative estimate of drug-likeness (QED) is 0.640. The van der Waals surface area contributed by atoms with Crippen molar-refractivity contribution in [3.05, 3.63) is 23.9 Å². The molecule has 4 heterocycles. The maximum Gasteiger partial charge on any atom is 0.256 e. The second kappa shape index (κ2) is 9.21. The van der Waals surface area contributed by atoms with Crippen LogP contribution in [0.25, 0.3) is 0 Å². The first kappa shape index (κ1) is 21.5. The Morgan fingerprint density at radius 3 is 2.84 bits per heavy atom. The minimum Gasteiger partial charge on any atom is -0.353 e. The van der Waals surface area contributed by atoms with Crippen LogP contribution in [0.4, 0.5) is 5.82 Å². The number of amides is 3. The number of fused-ring (bicyclic) bond motifs is 1. The van der Waals surface area contributed by atoms with Gasteiger partial charge in [0.2, 0.25) is 11.8 Å². The van der Waals surface area contributed by atoms with Gasteiger partial charge >= 0.3 is 0 Å². The van der Waals surface area contributed by atoms with Crippen molar-refractivity contribution in [3.8, 4) is 0 Å². The fourth-order valence-corrected chi connectivity index (χ4v) is 4.57. The standard InChI is InChI=1S/C22H32N6O3/c1-16-5-11-27(12-6-16)14-10-23-18(29)15-28-13-8-22(7-4-19(28)30)25-20-17(21(31)26-22)3-2-9-24-20/h2-3,9,16H,4-8,10-15H2,1H3,(H,23,29)(H,24,25)(H,26,31). The number of piperidine rings is 1. The lowest BCUT2D eigenvalue weighted by atomic mass is 9.97. The molecule has 168 valence electrons. The molecule has 1 spiro atoms. The molecule has 0 saturated carbocycles. The van der Waals surface area contributed by atoms with E-state index in [2.05, 4.69) is 32.8 Å². The summed E-state index contributed by atoms with van der Waals surface area (Å²) < 4.78 is 0. The number of carbonyl (C=O) groups excluding carboxylic acids is 3. The van der Waals surface area contributed by atoms with Gasteiger partial charge in [0.1, 0.15) is 11.5 Å². The van der Waals surface area contributed by atoms with Gasteiger partial charge in [-0.1, -0.05) is 6.92 Å². The van der Waals surface area contributed by atoms with E-state index in [0.717, 1.165) is 25.6 Å². The highest BCUT2D eigenvalue weighted by Crippen LogP contribution is 2.30. The molecule has 3 N–H and O–H groups in total. The van der Waals surface area contributed by atoms with Crippen molar-refractivity contribution in [2.45, 2.75) is 44.7 Å². The Labute approximate surface area is 182 Å². The Morgan fingerprint density at radius 2 is 2.03 bits per heavy atom. The van der Waals surface area contributed by atoms with Gasteiger partial charge < -0.3 is 25.8 Å². The van der Waals surface area contributed by atoms with Crippen molar-refractivity contribution >= 4 is 23.5 Å². The largest absolute Gasteiger partial charge is 0.353 e. The van der Waals surface area contributed by atoms with Crippen LogP contribution in [0.3, 0.4) is 0 Å². The first-order valence-corrected chi connectivity index (χ1v) is 11.3. The number of aromatic nitrogens is 1. The lowest BCUT2D eigenvalue weighted by molar-refractivity contribution is -0.135. The van der Waals surface area contributed by atoms with Crippen molar-refractivity contribution in [1.82, 2.24) is 25.4 Å². The van der Waals surface area contributed by atoms with Crippen molar-refractivity contribution in [2.75, 3.05) is 44.6 Å². The predicted molar refractivity (Wildman–Crippen MR) is 116 cm³/mol. The first-order chi connectivity index (χ1) is 14.9. The third-order valence-electron chi connectivity index (χ3n) is 6.65. The molecule has 3 aliphatic rings. The maximum atomic E-state index is 12.6. The zero-order valence-corrected chi connectivity index (χ0v) is 18.2. The number of anilines is 1. The predicted octanol–water partition coefficient (Wildman–Crippen LogP) is 0.794. The Kier molecular flexibility index (Phi) is 6.41. The molecule has 0 aliphatic carbocycles. The van der Waals surface area contributed by atoms with Crippen molar-refractivity contribution in [3.63, 3.8) is 0 Å². The van der Waals surface area contributed by atoms with Crippen molar-refractivity contribution in [2.24, 2.45) is 5.92 Å². The fraction of sp³-hybridized carbons (Fsp3) is 0.636. The van der Waals surface area contributed by atoms with Gasteiger partial charge in [-0.3, -0.25) is 14.4 Å². The monoisotopic (exact) mass is 428 g/mol. The van der Waals surface area contributed by atoms with Crippen LogP contribution in [0.1, 0.15) is 49.4 Å². The summed E-state index contributed by atoms with van der Waals surface area (Å²) in [6.07, 6.45) is 5.29. The average Bonchev–Trinajstić information content (AvgIpc) is 2.89. The van der Waals surface area contributed by atoms with E-state index in [1.807, 2.05) is 0 Å². The summed E-state index contributed by atoms with van der Waals surface area (Å²) in [4.78, 5) is 45.8. The number of nitrogens with one attached hydrogen (secondary N) is 3. The van der Waals surface area contributed by atoms with Gasteiger partial charge in [0.25, 0.3) is 5.91 Å². The van der Waals surface area contributed by atoms with Gasteiger partial charge in [0.15, 0.2) is 0 Å². The molecule has 0 radical (unpaired) electrons. The molecule has 9 heteroatoms. The zero-order chi connectivity index (χ0) is 21.8. The Morgan fingerprint density at radius 1 is 1.23 bits per heavy atom. The molecule has 0 bridgehead atoms. The van der Waals surface area contributed by atoms with Gasteiger partial charge in [-0.25, -0.2) is 4.98 Å². The SMILES string of the molecule is CC1CCN(CCNC(=O)CN2CCC3(CCC2=O)NC(=O)c2cccnc2N3)CC1. The number of carbonyl (C=O) groups is 3. The highest BCUT2D eigenvalue weighted by molar-refractivity contribution is 6.01. The third kappa shape index (κ3) is 5.15. The molecule has 9 nitrogen and oxygen atoms in total. The summed E-state index contributed by atoms with van der Waals surface area (Å²) in [5.74, 6) is 0.933. The van der Waals surface area contributed by atoms with Crippen LogP contribution in [-0.2, 0) is 9.59 Å². The van der Waals surface area contributed by atoms with E-state index in [1.165, 1.54) is 12.8 Å². The number of rotatable bonds is 5. The Bertz CT molecular complexity index is 838. The second-order valence-electron chi connectivity index (χ2n) is 9.00. The smallest absolute Gasteiger partial charge is 0.256 e. The lowest BCUT2D eigenvalue weighted by Gasteiger charge is -2.39. The highest BCUT2D eigenvalue weighted by atomic mass is 16.2. The molecule has 0 aromatic carbocycles. The molecular weight excluding hydrogens is 396 g/mol. The van der Waals surface area contributed by atoms with E-state index in [1.54, 1.807) is 23.2 Å². The van der Waals surface area contributed by atoms with E-state index < -0.39 is 5.66 Å². The molecule has 4 rings (SSSR count). The number of hydrogen-bond donors (Lipinski definition) is 3. The topological polar surface area (TPSA) is 107 Å². The minimum atomic E-state index is -0.718. The first-order valence-electron chi connectivity index (χ1n) is 11.3. The summed E-state index contributed by atoms with van der Waals surface area (Å²) in [6, 6.07) is 3.45. The molecule has 2 saturated heterocycles. The summed E-state index contributed by atoms with van der Waals surface area (Å²) in [5, 5.41) is 9.29. The van der Waals surface area contributed by atoms with E-state index in [-0.39, 0.29) is 30.7 Å². The van der Waals surface area contributed by atoms with Crippen LogP contribution in [0.5, 0.6) is 0 Å². The third-order valence-corrected chi connectivity index (χ3v) is 6.65. The van der Waals surface area contributed by atoms with Gasteiger partial charge in [-0.05, 0) is 50.4 Å². The van der Waals surface area contributed by atoms with E-state index in [4.69, 9.17) is 0 Å². The maximum absolute atomic E-state index is 12.6. The normalized spacial score (nSPS) is 24.9. The summed E-state index contributed by atoms with van der Waals surface area (Å²) in [7, 11) is 0. The molecule has 31 heavy (non-hydrogen) atoms. The summed E-state index contributed by atoms with van der Waals surface area (Å²) >= 11 is 0. The van der Waals surface area contributed by atoms with Gasteiger partial charge in [-0.2, -0.15) is 0 Å². The van der Waals surface area contributed by atoms with Crippen LogP contribution in [-0.4, -0.2) is 77.4 Å². The average molecular weight is 429 g/mol. The number of nitrogens with zero attached hydrogens (tertiary/aromatic N) is 3. The lowest BCUT2D eigenvalue weighted by Crippen LogP contribution is -2.58. The van der Waals surface area contributed by atoms with Crippen LogP contribution < -0.4 is 16.0 Å². The van der Waals surface area contributed by atoms with E-state index in [0.29, 0.717) is 37.3 Å². The van der Waals surface area contributed by atoms with Crippen molar-refractivity contribution in [1.29, 1.82) is 0 Å². The summed E-state index contributed by atoms with van der Waals surface area (Å²) in [5.41, 5.74) is -0.215. The van der Waals surface area contributed by atoms with Gasteiger partial charge in [-0.15, -0.1) is 0 Å². The van der Waals surface area contributed by atoms with Gasteiger partial charge in [0, 0.05) is 38.7 Å². The van der Waals surface area contributed by atoms with Gasteiger partial charge in [0.05, 0.1) is 12.1 Å². The molecule has 1 atom stereocenters. The van der Waals surface area contributed by atoms with Crippen molar-refractivity contribution < 1.29 is 14.4 Å². The number of pyridine rings is 1. The Balaban J connectivity index is 1.27. The van der Waals surface area contributed by atoms with E-state index >= 15 is 0 Å². The molecule has 3 amide bonds. The van der Waals surface area contributed by atoms with Crippen LogP contribution in [0.2, 0.25) is 0 Å². The molecular formula is C22H32N6O3. The van der Waals surface area contributed by atoms with E-state index in [9.17, 15) is 14.4 Å². The van der Waals surface area contributed by atoms with Crippen LogP contribution in [0, 0.1) is 5.92 Å². The molecule has 1 aromatic rings. The minimum absolute atomic E-state index is 0.0503. The molecule has 2 fully saturated rings. The second-order valence-corrected chi connectivity index (χ2v) is 9.00. The fourth-order valence-electron chi connectivity index (χ4n) is 4.57. The van der Waals surface area contributed by atoms with Crippen LogP contribution >= 0.6 is 0 Å². The zero-order valence-electron chi connectivity index (χ0n) is 18.2.